The number of ketones is 2. The SMILES string of the molecule is CCCCCCCCCCCCNC1=C2C[C@@H](C)C[C@H](OC)[C@H](O)[C@@H](C)C=C(C)[C@H](OC(N)=O)[C@@H](OC)C=CC=C(C)C(=O)NC(=CC1=O)C2=O. The summed E-state index contributed by atoms with van der Waals surface area (Å²) in [7, 11) is 2.96. The van der Waals surface area contributed by atoms with Gasteiger partial charge in [-0.2, -0.15) is 0 Å². The normalized spacial score (nSPS) is 25.6. The van der Waals surface area contributed by atoms with Gasteiger partial charge in [0.2, 0.25) is 11.6 Å². The molecule has 51 heavy (non-hydrogen) atoms. The Morgan fingerprint density at radius 3 is 2.20 bits per heavy atom. The van der Waals surface area contributed by atoms with E-state index in [1.807, 2.05) is 13.8 Å². The standard InChI is InChI=1S/C40H63N3O8/c1-8-9-10-11-12-13-14-15-16-17-21-42-35-30-22-26(2)23-34(50-7)36(45)28(4)24-29(5)38(51-40(41)48)33(49-6)20-18-19-27(3)39(47)43-31(37(30)46)25-32(35)44/h18-20,24-26,28,33-34,36,38,42,45H,8-17,21-23H2,1-7H3,(H2,41,48)(H,43,47)/t26-,28+,33+,34+,36-,38+/m1/s1. The summed E-state index contributed by atoms with van der Waals surface area (Å²) in [5, 5.41) is 17.3. The lowest BCUT2D eigenvalue weighted by molar-refractivity contribution is -0.120. The fraction of sp³-hybridized carbons (Fsp3) is 0.650. The van der Waals surface area contributed by atoms with Gasteiger partial charge in [0.1, 0.15) is 6.10 Å². The second-order valence-electron chi connectivity index (χ2n) is 14.0. The number of unbranched alkanes of at least 4 members (excludes halogenated alkanes) is 9. The zero-order chi connectivity index (χ0) is 37.9. The highest BCUT2D eigenvalue weighted by atomic mass is 16.6. The molecule has 0 saturated carbocycles. The van der Waals surface area contributed by atoms with Crippen molar-refractivity contribution in [1.29, 1.82) is 0 Å². The monoisotopic (exact) mass is 713 g/mol. The number of hydrogen-bond donors (Lipinski definition) is 4. The van der Waals surface area contributed by atoms with Crippen LogP contribution >= 0.6 is 0 Å². The molecule has 0 aromatic rings. The van der Waals surface area contributed by atoms with E-state index in [2.05, 4.69) is 17.6 Å². The number of primary amides is 1. The second kappa shape index (κ2) is 23.1. The summed E-state index contributed by atoms with van der Waals surface area (Å²) in [4.78, 5) is 52.4. The number of methoxy groups -OCH3 is 2. The highest BCUT2D eigenvalue weighted by molar-refractivity contribution is 6.23. The van der Waals surface area contributed by atoms with Crippen molar-refractivity contribution >= 4 is 23.6 Å². The van der Waals surface area contributed by atoms with E-state index in [9.17, 15) is 24.3 Å². The Hall–Kier alpha value is -3.54. The summed E-state index contributed by atoms with van der Waals surface area (Å²) in [6.07, 6.45) is 16.0. The molecule has 11 nitrogen and oxygen atoms in total. The summed E-state index contributed by atoms with van der Waals surface area (Å²) in [5.41, 5.74) is 6.73. The van der Waals surface area contributed by atoms with Crippen LogP contribution in [0.3, 0.4) is 0 Å². The Morgan fingerprint density at radius 2 is 1.61 bits per heavy atom. The summed E-state index contributed by atoms with van der Waals surface area (Å²) in [6.45, 7) is 9.88. The fourth-order valence-corrected chi connectivity index (χ4v) is 6.60. The number of aliphatic hydroxyl groups is 1. The van der Waals surface area contributed by atoms with Crippen LogP contribution in [0.15, 0.2) is 58.5 Å². The third-order valence-electron chi connectivity index (χ3n) is 9.63. The number of carbonyl (C=O) groups excluding carboxylic acids is 4. The molecule has 2 aliphatic rings. The smallest absolute Gasteiger partial charge is 0.405 e. The number of nitrogens with two attached hydrogens (primary N) is 1. The number of carbonyl (C=O) groups is 4. The minimum absolute atomic E-state index is 0.0900. The fourth-order valence-electron chi connectivity index (χ4n) is 6.60. The Morgan fingerprint density at radius 1 is 0.980 bits per heavy atom. The minimum Gasteiger partial charge on any atom is -0.439 e. The van der Waals surface area contributed by atoms with Gasteiger partial charge in [-0.3, -0.25) is 14.4 Å². The van der Waals surface area contributed by atoms with E-state index in [4.69, 9.17) is 19.9 Å². The van der Waals surface area contributed by atoms with Crippen molar-refractivity contribution in [1.82, 2.24) is 10.6 Å². The molecule has 6 atom stereocenters. The number of fused-ring (bicyclic) bond motifs is 2. The minimum atomic E-state index is -0.991. The molecular formula is C40H63N3O8. The van der Waals surface area contributed by atoms with E-state index < -0.39 is 48.1 Å². The molecule has 2 rings (SSSR count). The third kappa shape index (κ3) is 14.5. The van der Waals surface area contributed by atoms with Crippen LogP contribution in [-0.4, -0.2) is 73.9 Å². The Balaban J connectivity index is 2.36. The zero-order valence-corrected chi connectivity index (χ0v) is 31.9. The average Bonchev–Trinajstić information content (AvgIpc) is 3.09. The largest absolute Gasteiger partial charge is 0.439 e. The van der Waals surface area contributed by atoms with Crippen molar-refractivity contribution in [3.8, 4) is 0 Å². The first kappa shape index (κ1) is 43.6. The zero-order valence-electron chi connectivity index (χ0n) is 31.9. The lowest BCUT2D eigenvalue weighted by Gasteiger charge is -2.30. The van der Waals surface area contributed by atoms with Crippen LogP contribution in [0.5, 0.6) is 0 Å². The van der Waals surface area contributed by atoms with Gasteiger partial charge in [0.05, 0.1) is 23.6 Å². The van der Waals surface area contributed by atoms with Crippen LogP contribution in [-0.2, 0) is 28.6 Å². The van der Waals surface area contributed by atoms with Crippen molar-refractivity contribution in [3.63, 3.8) is 0 Å². The number of aliphatic hydroxyl groups excluding tert-OH is 1. The lowest BCUT2D eigenvalue weighted by Crippen LogP contribution is -2.38. The average molecular weight is 714 g/mol. The molecule has 1 heterocycles. The lowest BCUT2D eigenvalue weighted by atomic mass is 9.85. The summed E-state index contributed by atoms with van der Waals surface area (Å²) < 4.78 is 16.7. The van der Waals surface area contributed by atoms with E-state index in [-0.39, 0.29) is 35.1 Å². The highest BCUT2D eigenvalue weighted by Crippen LogP contribution is 2.29. The molecule has 0 radical (unpaired) electrons. The summed E-state index contributed by atoms with van der Waals surface area (Å²) in [6, 6.07) is 0. The summed E-state index contributed by atoms with van der Waals surface area (Å²) >= 11 is 0. The molecule has 11 heteroatoms. The Labute approximate surface area is 305 Å². The van der Waals surface area contributed by atoms with E-state index in [0.717, 1.165) is 19.3 Å². The number of amides is 2. The second-order valence-corrected chi connectivity index (χ2v) is 14.0. The van der Waals surface area contributed by atoms with Gasteiger partial charge in [0, 0.05) is 43.9 Å². The van der Waals surface area contributed by atoms with Crippen molar-refractivity contribution in [2.45, 2.75) is 136 Å². The van der Waals surface area contributed by atoms with Crippen LogP contribution < -0.4 is 16.4 Å². The van der Waals surface area contributed by atoms with E-state index in [0.29, 0.717) is 24.1 Å². The van der Waals surface area contributed by atoms with Gasteiger partial charge in [-0.1, -0.05) is 103 Å². The predicted octanol–water partition coefficient (Wildman–Crippen LogP) is 6.27. The quantitative estimate of drug-likeness (QED) is 0.0869. The molecule has 0 spiro atoms. The van der Waals surface area contributed by atoms with Gasteiger partial charge in [0.25, 0.3) is 5.91 Å². The molecule has 0 fully saturated rings. The molecule has 2 amide bonds. The maximum Gasteiger partial charge on any atom is 0.405 e. The van der Waals surface area contributed by atoms with Gasteiger partial charge in [-0.15, -0.1) is 0 Å². The van der Waals surface area contributed by atoms with Gasteiger partial charge >= 0.3 is 6.09 Å². The van der Waals surface area contributed by atoms with Gasteiger partial charge < -0.3 is 35.7 Å². The van der Waals surface area contributed by atoms with Crippen LogP contribution in [0, 0.1) is 11.8 Å². The third-order valence-corrected chi connectivity index (χ3v) is 9.63. The Bertz CT molecular complexity index is 1330. The predicted molar refractivity (Wildman–Crippen MR) is 199 cm³/mol. The number of nitrogens with one attached hydrogen (secondary N) is 2. The maximum absolute atomic E-state index is 13.9. The number of rotatable bonds is 15. The Kier molecular flexibility index (Phi) is 19.8. The van der Waals surface area contributed by atoms with E-state index >= 15 is 0 Å². The summed E-state index contributed by atoms with van der Waals surface area (Å²) in [5.74, 6) is -1.96. The first-order valence-electron chi connectivity index (χ1n) is 18.7. The number of Topliss-reactive ketones (excluding diaryl/α,β-unsaturated/α-hetero) is 1. The first-order valence-corrected chi connectivity index (χ1v) is 18.7. The van der Waals surface area contributed by atoms with Crippen molar-refractivity contribution in [3.05, 3.63) is 58.5 Å². The molecule has 0 aromatic carbocycles. The molecule has 5 N–H and O–H groups in total. The van der Waals surface area contributed by atoms with Crippen LogP contribution in [0.2, 0.25) is 0 Å². The van der Waals surface area contributed by atoms with Crippen molar-refractivity contribution < 1.29 is 38.5 Å². The molecular weight excluding hydrogens is 650 g/mol. The maximum atomic E-state index is 13.9. The van der Waals surface area contributed by atoms with Gasteiger partial charge in [0.15, 0.2) is 6.10 Å². The molecule has 286 valence electrons. The van der Waals surface area contributed by atoms with Crippen LogP contribution in [0.25, 0.3) is 0 Å². The molecule has 1 aliphatic carbocycles. The van der Waals surface area contributed by atoms with Crippen LogP contribution in [0.4, 0.5) is 4.79 Å². The molecule has 1 aliphatic heterocycles. The number of ether oxygens (including phenoxy) is 3. The highest BCUT2D eigenvalue weighted by Gasteiger charge is 2.33. The van der Waals surface area contributed by atoms with Crippen molar-refractivity contribution in [2.75, 3.05) is 20.8 Å². The molecule has 0 saturated heterocycles. The number of hydrogen-bond acceptors (Lipinski definition) is 9. The molecule has 0 unspecified atom stereocenters. The van der Waals surface area contributed by atoms with E-state index in [1.54, 1.807) is 32.1 Å². The topological polar surface area (TPSA) is 166 Å². The molecule has 0 aromatic heterocycles. The van der Waals surface area contributed by atoms with Crippen LogP contribution in [0.1, 0.15) is 112 Å². The number of allylic oxidation sites excluding steroid dienone is 4. The van der Waals surface area contributed by atoms with Crippen molar-refractivity contribution in [2.24, 2.45) is 17.6 Å². The van der Waals surface area contributed by atoms with Gasteiger partial charge in [-0.05, 0) is 44.6 Å². The first-order chi connectivity index (χ1) is 24.3. The van der Waals surface area contributed by atoms with E-state index in [1.165, 1.54) is 71.3 Å². The molecule has 2 bridgehead atoms. The van der Waals surface area contributed by atoms with Gasteiger partial charge in [-0.25, -0.2) is 4.79 Å².